The molecule has 222 valence electrons. The number of carbonyl (C=O) groups is 3. The molecule has 1 unspecified atom stereocenters. The molecule has 0 saturated carbocycles. The number of aromatic nitrogens is 1. The van der Waals surface area contributed by atoms with Crippen LogP contribution in [0, 0.1) is 23.9 Å². The number of carbonyl (C=O) groups excluding carboxylic acids is 3. The molecule has 43 heavy (non-hydrogen) atoms. The Morgan fingerprint density at radius 1 is 1.16 bits per heavy atom. The number of sulfonamides is 2. The zero-order valence-electron chi connectivity index (χ0n) is 23.0. The molecule has 2 amide bonds. The van der Waals surface area contributed by atoms with Crippen molar-refractivity contribution in [3.05, 3.63) is 60.1 Å². The highest BCUT2D eigenvalue weighted by atomic mass is 32.2. The Morgan fingerprint density at radius 3 is 2.65 bits per heavy atom. The molecule has 3 aliphatic heterocycles. The van der Waals surface area contributed by atoms with E-state index in [1.165, 1.54) is 36.2 Å². The first kappa shape index (κ1) is 29.6. The van der Waals surface area contributed by atoms with Gasteiger partial charge < -0.3 is 10.1 Å². The second-order valence-corrected chi connectivity index (χ2v) is 13.2. The molecule has 14 nitrogen and oxygen atoms in total. The number of rotatable bonds is 5. The highest BCUT2D eigenvalue weighted by Gasteiger charge is 2.45. The fraction of sp³-hybridized carbons (Fsp3) is 0.259. The van der Waals surface area contributed by atoms with Crippen LogP contribution in [0.4, 0.5) is 16.3 Å². The molecule has 0 bridgehead atoms. The lowest BCUT2D eigenvalue weighted by atomic mass is 9.90. The lowest BCUT2D eigenvalue weighted by Crippen LogP contribution is -2.51. The van der Waals surface area contributed by atoms with Gasteiger partial charge in [-0.2, -0.15) is 21.1 Å². The van der Waals surface area contributed by atoms with Gasteiger partial charge in [0.2, 0.25) is 5.91 Å². The third-order valence-corrected chi connectivity index (χ3v) is 9.56. The number of fused-ring (bicyclic) bond motifs is 2. The van der Waals surface area contributed by atoms with Crippen molar-refractivity contribution in [1.82, 2.24) is 9.29 Å². The van der Waals surface area contributed by atoms with Crippen LogP contribution in [0.15, 0.2) is 63.2 Å². The Hall–Kier alpha value is -4.88. The maximum atomic E-state index is 13.7. The molecular weight excluding hydrogens is 600 g/mol. The van der Waals surface area contributed by atoms with Gasteiger partial charge in [0, 0.05) is 37.6 Å². The number of pyridine rings is 1. The number of hydrogen-bond acceptors (Lipinski definition) is 11. The lowest BCUT2D eigenvalue weighted by Gasteiger charge is -2.34. The summed E-state index contributed by atoms with van der Waals surface area (Å²) in [6, 6.07) is 6.48. The van der Waals surface area contributed by atoms with E-state index in [4.69, 9.17) is 0 Å². The van der Waals surface area contributed by atoms with Crippen LogP contribution in [-0.4, -0.2) is 61.3 Å². The van der Waals surface area contributed by atoms with E-state index < -0.39 is 54.6 Å². The van der Waals surface area contributed by atoms with E-state index in [9.17, 15) is 31.2 Å². The topological polar surface area (TPSA) is 185 Å². The van der Waals surface area contributed by atoms with Gasteiger partial charge in [0.25, 0.3) is 20.0 Å². The molecule has 2 aromatic rings. The summed E-state index contributed by atoms with van der Waals surface area (Å²) in [6.45, 7) is 5.56. The van der Waals surface area contributed by atoms with Gasteiger partial charge in [-0.1, -0.05) is 25.8 Å². The average molecular weight is 625 g/mol. The average Bonchev–Trinajstić information content (AvgIpc) is 2.94. The highest BCUT2D eigenvalue weighted by Crippen LogP contribution is 2.35. The third kappa shape index (κ3) is 5.28. The van der Waals surface area contributed by atoms with Crippen LogP contribution in [-0.2, 0) is 29.6 Å². The van der Waals surface area contributed by atoms with Gasteiger partial charge in [-0.25, -0.2) is 14.8 Å². The molecule has 0 spiro atoms. The number of amidine groups is 1. The van der Waals surface area contributed by atoms with Crippen molar-refractivity contribution in [2.75, 3.05) is 16.8 Å². The molecule has 0 aliphatic carbocycles. The molecule has 1 atom stereocenters. The van der Waals surface area contributed by atoms with Gasteiger partial charge in [0.05, 0.1) is 11.3 Å². The Kier molecular flexibility index (Phi) is 7.63. The molecule has 1 N–H and O–H groups in total. The molecule has 16 heteroatoms. The van der Waals surface area contributed by atoms with Crippen molar-refractivity contribution < 1.29 is 36.0 Å². The quantitative estimate of drug-likeness (QED) is 0.383. The number of nitrogens with zero attached hydrogens (tertiary/aromatic N) is 5. The van der Waals surface area contributed by atoms with Crippen LogP contribution in [0.2, 0.25) is 0 Å². The summed E-state index contributed by atoms with van der Waals surface area (Å²) in [6.07, 6.45) is 4.70. The zero-order chi connectivity index (χ0) is 31.1. The van der Waals surface area contributed by atoms with E-state index in [2.05, 4.69) is 30.3 Å². The number of amides is 2. The standard InChI is InChI=1S/C27H24N6O8S2/c1-4-14-41-27(36)33-13-11-29-25(43(33,39)40)17-7-8-20-19(15-17)30-23(31-42(20,37)38)21-22(34)18-6-5-10-28-24(18)32(26(21)35)12-9-16(2)3/h5-8,10-11,13,15-16,21H,9,12H2,1-3H3,(H,30,31). The third-order valence-electron chi connectivity index (χ3n) is 6.59. The molecule has 0 radical (unpaired) electrons. The van der Waals surface area contributed by atoms with Gasteiger partial charge >= 0.3 is 6.09 Å². The normalized spacial score (nSPS) is 19.8. The van der Waals surface area contributed by atoms with E-state index in [-0.39, 0.29) is 40.0 Å². The zero-order valence-corrected chi connectivity index (χ0v) is 24.6. The number of hydrogen-bond donors (Lipinski definition) is 1. The van der Waals surface area contributed by atoms with E-state index in [0.717, 1.165) is 24.5 Å². The number of ether oxygens (including phenoxy) is 1. The molecule has 1 aromatic carbocycles. The number of ketones is 1. The first-order valence-electron chi connectivity index (χ1n) is 12.8. The van der Waals surface area contributed by atoms with E-state index >= 15 is 0 Å². The molecule has 1 aromatic heterocycles. The minimum atomic E-state index is -4.58. The van der Waals surface area contributed by atoms with E-state index in [1.54, 1.807) is 0 Å². The Bertz CT molecular complexity index is 1940. The van der Waals surface area contributed by atoms with Crippen molar-refractivity contribution in [1.29, 1.82) is 0 Å². The first-order valence-corrected chi connectivity index (χ1v) is 15.7. The number of benzene rings is 1. The van der Waals surface area contributed by atoms with E-state index in [1.807, 2.05) is 20.0 Å². The lowest BCUT2D eigenvalue weighted by molar-refractivity contribution is -0.119. The molecule has 5 rings (SSSR count). The fourth-order valence-corrected chi connectivity index (χ4v) is 6.94. The molecule has 0 fully saturated rings. The molecule has 0 saturated heterocycles. The van der Waals surface area contributed by atoms with Crippen molar-refractivity contribution in [2.45, 2.75) is 32.1 Å². The van der Waals surface area contributed by atoms with Crippen molar-refractivity contribution >= 4 is 60.2 Å². The van der Waals surface area contributed by atoms with Crippen LogP contribution in [0.5, 0.6) is 0 Å². The summed E-state index contributed by atoms with van der Waals surface area (Å²) in [5.74, 6) is -0.757. The number of nitrogens with one attached hydrogen (secondary N) is 1. The summed E-state index contributed by atoms with van der Waals surface area (Å²) >= 11 is 0. The van der Waals surface area contributed by atoms with Crippen LogP contribution in [0.1, 0.15) is 43.1 Å². The smallest absolute Gasteiger partial charge is 0.355 e. The molecule has 4 heterocycles. The van der Waals surface area contributed by atoms with Crippen molar-refractivity contribution in [3.63, 3.8) is 0 Å². The van der Waals surface area contributed by atoms with Crippen molar-refractivity contribution in [3.8, 4) is 12.0 Å². The summed E-state index contributed by atoms with van der Waals surface area (Å²) in [7, 11) is -9.02. The predicted octanol–water partition coefficient (Wildman–Crippen LogP) is 2.47. The monoisotopic (exact) mass is 624 g/mol. The van der Waals surface area contributed by atoms with Crippen LogP contribution >= 0.6 is 0 Å². The van der Waals surface area contributed by atoms with Gasteiger partial charge in [0.1, 0.15) is 22.7 Å². The number of aliphatic imine (C=N–C) groups is 1. The Morgan fingerprint density at radius 2 is 1.93 bits per heavy atom. The summed E-state index contributed by atoms with van der Waals surface area (Å²) in [5.41, 5.74) is -0.112. The van der Waals surface area contributed by atoms with Gasteiger partial charge in [0.15, 0.2) is 16.7 Å². The predicted molar refractivity (Wildman–Crippen MR) is 155 cm³/mol. The number of Topliss-reactive ketones (excluding diaryl/α,β-unsaturated/α-hetero) is 1. The minimum Gasteiger partial charge on any atom is -0.355 e. The maximum absolute atomic E-state index is 13.7. The number of anilines is 2. The fourth-order valence-electron chi connectivity index (χ4n) is 4.55. The second kappa shape index (κ2) is 11.1. The minimum absolute atomic E-state index is 0.0965. The SMILES string of the molecule is CC#COC(=O)N1C=CN=C(c2ccc3c(c2)NC(C2C(=O)c4cccnc4N(CCC(C)C)C2=O)=NS3(=O)=O)S1(=O)=O. The van der Waals surface area contributed by atoms with Gasteiger partial charge in [-0.15, -0.1) is 4.40 Å². The van der Waals surface area contributed by atoms with E-state index in [0.29, 0.717) is 10.7 Å². The van der Waals surface area contributed by atoms with Gasteiger partial charge in [-0.05, 0) is 36.6 Å². The van der Waals surface area contributed by atoms with Crippen LogP contribution in [0.3, 0.4) is 0 Å². The van der Waals surface area contributed by atoms with Crippen LogP contribution < -0.4 is 10.2 Å². The summed E-state index contributed by atoms with van der Waals surface area (Å²) < 4.78 is 61.5. The Labute approximate surface area is 247 Å². The summed E-state index contributed by atoms with van der Waals surface area (Å²) in [4.78, 5) is 48.6. The molecule has 3 aliphatic rings. The van der Waals surface area contributed by atoms with Crippen LogP contribution in [0.25, 0.3) is 0 Å². The first-order chi connectivity index (χ1) is 20.4. The summed E-state index contributed by atoms with van der Waals surface area (Å²) in [5, 5.41) is 2.17. The van der Waals surface area contributed by atoms with Gasteiger partial charge in [-0.3, -0.25) is 14.5 Å². The second-order valence-electron chi connectivity index (χ2n) is 9.89. The highest BCUT2D eigenvalue weighted by molar-refractivity contribution is 8.05. The maximum Gasteiger partial charge on any atom is 0.442 e. The largest absolute Gasteiger partial charge is 0.442 e. The molecular formula is C27H24N6O8S2. The Balaban J connectivity index is 1.53. The van der Waals surface area contributed by atoms with Crippen molar-refractivity contribution in [2.24, 2.45) is 21.2 Å².